The number of rotatable bonds is 1. The van der Waals surface area contributed by atoms with Crippen LogP contribution in [0.4, 0.5) is 5.69 Å². The Labute approximate surface area is 85.6 Å². The minimum Gasteiger partial charge on any atom is -0.351 e. The van der Waals surface area contributed by atoms with Crippen LogP contribution in [0, 0.1) is 0 Å². The summed E-state index contributed by atoms with van der Waals surface area (Å²) >= 11 is 6.05. The first kappa shape index (κ1) is 9.00. The molecule has 0 saturated carbocycles. The van der Waals surface area contributed by atoms with Crippen LogP contribution in [0.25, 0.3) is 10.9 Å². The molecule has 1 heterocycles. The van der Waals surface area contributed by atoms with Gasteiger partial charge in [-0.2, -0.15) is 4.99 Å². The molecule has 0 aliphatic rings. The van der Waals surface area contributed by atoms with Crippen molar-refractivity contribution >= 4 is 34.3 Å². The van der Waals surface area contributed by atoms with Crippen molar-refractivity contribution in [1.29, 1.82) is 0 Å². The van der Waals surface area contributed by atoms with Crippen LogP contribution >= 0.6 is 11.6 Å². The molecule has 0 saturated heterocycles. The number of aliphatic imine (C=N–C) groups is 1. The van der Waals surface area contributed by atoms with Crippen molar-refractivity contribution < 1.29 is 4.79 Å². The first-order valence-corrected chi connectivity index (χ1v) is 4.43. The molecule has 1 aromatic carbocycles. The van der Waals surface area contributed by atoms with Gasteiger partial charge in [-0.05, 0) is 18.2 Å². The van der Waals surface area contributed by atoms with Gasteiger partial charge >= 0.3 is 0 Å². The Bertz CT molecular complexity index is 538. The van der Waals surface area contributed by atoms with Crippen molar-refractivity contribution in [2.75, 3.05) is 0 Å². The smallest absolute Gasteiger partial charge is 0.240 e. The van der Waals surface area contributed by atoms with Crippen molar-refractivity contribution in [3.63, 3.8) is 0 Å². The summed E-state index contributed by atoms with van der Waals surface area (Å²) in [6.07, 6.45) is 3.39. The lowest BCUT2D eigenvalue weighted by Crippen LogP contribution is -1.82. The fraction of sp³-hybridized carbons (Fsp3) is 0.100. The van der Waals surface area contributed by atoms with Gasteiger partial charge in [-0.1, -0.05) is 11.6 Å². The predicted octanol–water partition coefficient (Wildman–Crippen LogP) is 2.80. The molecule has 4 heteroatoms. The van der Waals surface area contributed by atoms with Crippen molar-refractivity contribution in [3.05, 3.63) is 29.4 Å². The highest BCUT2D eigenvalue weighted by Gasteiger charge is 2.06. The molecule has 2 rings (SSSR count). The van der Waals surface area contributed by atoms with E-state index in [2.05, 4.69) is 4.99 Å². The number of benzene rings is 1. The lowest BCUT2D eigenvalue weighted by atomic mass is 10.2. The van der Waals surface area contributed by atoms with Crippen LogP contribution in [0.1, 0.15) is 0 Å². The summed E-state index contributed by atoms with van der Waals surface area (Å²) < 4.78 is 1.95. The fourth-order valence-corrected chi connectivity index (χ4v) is 1.70. The van der Waals surface area contributed by atoms with Crippen molar-refractivity contribution in [3.8, 4) is 0 Å². The number of carbonyl (C=O) groups excluding carboxylic acids is 1. The van der Waals surface area contributed by atoms with Gasteiger partial charge in [0, 0.05) is 24.1 Å². The van der Waals surface area contributed by atoms with E-state index in [0.717, 1.165) is 10.9 Å². The number of aromatic nitrogens is 1. The van der Waals surface area contributed by atoms with Crippen molar-refractivity contribution in [2.24, 2.45) is 12.0 Å². The lowest BCUT2D eigenvalue weighted by molar-refractivity contribution is 0.565. The summed E-state index contributed by atoms with van der Waals surface area (Å²) in [5.41, 5.74) is 1.47. The fourth-order valence-electron chi connectivity index (χ4n) is 1.44. The standard InChI is InChI=1S/C10H7ClN2O/c1-13-5-4-7-9(13)3-2-8(10(7)11)12-6-14/h2-5H,1H3. The van der Waals surface area contributed by atoms with E-state index in [1.807, 2.05) is 29.9 Å². The molecule has 0 aliphatic heterocycles. The van der Waals surface area contributed by atoms with Crippen LogP contribution in [0.3, 0.4) is 0 Å². The number of hydrogen-bond donors (Lipinski definition) is 0. The van der Waals surface area contributed by atoms with Gasteiger partial charge < -0.3 is 4.57 Å². The van der Waals surface area contributed by atoms with Crippen LogP contribution < -0.4 is 0 Å². The monoisotopic (exact) mass is 206 g/mol. The van der Waals surface area contributed by atoms with E-state index in [4.69, 9.17) is 11.6 Å². The molecule has 3 nitrogen and oxygen atoms in total. The van der Waals surface area contributed by atoms with Gasteiger partial charge in [0.05, 0.1) is 10.7 Å². The van der Waals surface area contributed by atoms with Gasteiger partial charge in [-0.15, -0.1) is 0 Å². The molecule has 0 radical (unpaired) electrons. The van der Waals surface area contributed by atoms with Crippen LogP contribution in [0.15, 0.2) is 29.4 Å². The number of aryl methyl sites for hydroxylation is 1. The van der Waals surface area contributed by atoms with E-state index in [1.54, 1.807) is 6.07 Å². The maximum Gasteiger partial charge on any atom is 0.240 e. The first-order chi connectivity index (χ1) is 6.74. The molecular formula is C10H7ClN2O. The lowest BCUT2D eigenvalue weighted by Gasteiger charge is -1.99. The molecule has 2 aromatic rings. The number of nitrogens with zero attached hydrogens (tertiary/aromatic N) is 2. The molecule has 0 fully saturated rings. The molecule has 70 valence electrons. The third-order valence-electron chi connectivity index (χ3n) is 2.15. The number of fused-ring (bicyclic) bond motifs is 1. The Morgan fingerprint density at radius 2 is 2.21 bits per heavy atom. The Morgan fingerprint density at radius 3 is 2.93 bits per heavy atom. The highest BCUT2D eigenvalue weighted by Crippen LogP contribution is 2.32. The zero-order chi connectivity index (χ0) is 10.1. The summed E-state index contributed by atoms with van der Waals surface area (Å²) in [6, 6.07) is 5.47. The molecule has 14 heavy (non-hydrogen) atoms. The zero-order valence-corrected chi connectivity index (χ0v) is 8.25. The van der Waals surface area contributed by atoms with Gasteiger partial charge in [0.2, 0.25) is 6.08 Å². The van der Waals surface area contributed by atoms with Crippen LogP contribution in [-0.4, -0.2) is 10.6 Å². The summed E-state index contributed by atoms with van der Waals surface area (Å²) in [5.74, 6) is 0. The van der Waals surface area contributed by atoms with Gasteiger partial charge in [0.15, 0.2) is 0 Å². The third kappa shape index (κ3) is 1.23. The van der Waals surface area contributed by atoms with E-state index < -0.39 is 0 Å². The SMILES string of the molecule is Cn1ccc2c(Cl)c(N=C=O)ccc21. The van der Waals surface area contributed by atoms with E-state index in [0.29, 0.717) is 10.7 Å². The largest absolute Gasteiger partial charge is 0.351 e. The Balaban J connectivity index is 2.82. The molecule has 0 atom stereocenters. The second kappa shape index (κ2) is 3.29. The average molecular weight is 207 g/mol. The van der Waals surface area contributed by atoms with E-state index in [-0.39, 0.29) is 0 Å². The maximum absolute atomic E-state index is 10.1. The first-order valence-electron chi connectivity index (χ1n) is 4.05. The van der Waals surface area contributed by atoms with Gasteiger partial charge in [-0.25, -0.2) is 4.79 Å². The van der Waals surface area contributed by atoms with Gasteiger partial charge in [-0.3, -0.25) is 0 Å². The minimum atomic E-state index is 0.459. The van der Waals surface area contributed by atoms with Gasteiger partial charge in [0.1, 0.15) is 0 Å². The molecule has 0 spiro atoms. The minimum absolute atomic E-state index is 0.459. The second-order valence-corrected chi connectivity index (χ2v) is 3.34. The van der Waals surface area contributed by atoms with Crippen LogP contribution in [0.2, 0.25) is 5.02 Å². The topological polar surface area (TPSA) is 34.4 Å². The van der Waals surface area contributed by atoms with E-state index in [9.17, 15) is 4.79 Å². The Hall–Kier alpha value is -1.57. The molecule has 0 N–H and O–H groups in total. The normalized spacial score (nSPS) is 10.1. The van der Waals surface area contributed by atoms with Crippen molar-refractivity contribution in [2.45, 2.75) is 0 Å². The Morgan fingerprint density at radius 1 is 1.43 bits per heavy atom. The molecule has 0 amide bonds. The number of halogens is 1. The quantitative estimate of drug-likeness (QED) is 0.522. The maximum atomic E-state index is 10.1. The predicted molar refractivity (Wildman–Crippen MR) is 55.7 cm³/mol. The molecule has 0 aliphatic carbocycles. The van der Waals surface area contributed by atoms with Gasteiger partial charge in [0.25, 0.3) is 0 Å². The Kier molecular flexibility index (Phi) is 2.12. The summed E-state index contributed by atoms with van der Waals surface area (Å²) in [6.45, 7) is 0. The number of hydrogen-bond acceptors (Lipinski definition) is 2. The summed E-state index contributed by atoms with van der Waals surface area (Å²) in [7, 11) is 1.93. The summed E-state index contributed by atoms with van der Waals surface area (Å²) in [4.78, 5) is 13.6. The van der Waals surface area contributed by atoms with E-state index >= 15 is 0 Å². The number of isocyanates is 1. The summed E-state index contributed by atoms with van der Waals surface area (Å²) in [5, 5.41) is 1.39. The van der Waals surface area contributed by atoms with Crippen LogP contribution in [-0.2, 0) is 11.8 Å². The highest BCUT2D eigenvalue weighted by atomic mass is 35.5. The second-order valence-electron chi connectivity index (χ2n) is 2.96. The van der Waals surface area contributed by atoms with Crippen LogP contribution in [0.5, 0.6) is 0 Å². The highest BCUT2D eigenvalue weighted by molar-refractivity contribution is 6.38. The average Bonchev–Trinajstić information content (AvgIpc) is 2.54. The zero-order valence-electron chi connectivity index (χ0n) is 7.49. The van der Waals surface area contributed by atoms with Crippen molar-refractivity contribution in [1.82, 2.24) is 4.57 Å². The third-order valence-corrected chi connectivity index (χ3v) is 2.54. The van der Waals surface area contributed by atoms with E-state index in [1.165, 1.54) is 6.08 Å². The molecule has 0 unspecified atom stereocenters. The molecular weight excluding hydrogens is 200 g/mol. The molecule has 0 bridgehead atoms. The molecule has 1 aromatic heterocycles.